The second-order valence-electron chi connectivity index (χ2n) is 4.20. The zero-order valence-corrected chi connectivity index (χ0v) is 9.74. The van der Waals surface area contributed by atoms with E-state index in [2.05, 4.69) is 43.7 Å². The predicted octanol–water partition coefficient (Wildman–Crippen LogP) is 3.54. The summed E-state index contributed by atoms with van der Waals surface area (Å²) in [7, 11) is 1.71. The Bertz CT molecular complexity index is 482. The smallest absolute Gasteiger partial charge is 0.120 e. The van der Waals surface area contributed by atoms with Crippen molar-refractivity contribution in [1.29, 1.82) is 0 Å². The van der Waals surface area contributed by atoms with E-state index in [1.54, 1.807) is 7.11 Å². The number of aryl methyl sites for hydroxylation is 1. The summed E-state index contributed by atoms with van der Waals surface area (Å²) in [4.78, 5) is 0. The highest BCUT2D eigenvalue weighted by atomic mass is 16.5. The molecule has 0 amide bonds. The van der Waals surface area contributed by atoms with Gasteiger partial charge in [-0.05, 0) is 38.5 Å². The van der Waals surface area contributed by atoms with E-state index in [1.807, 2.05) is 6.07 Å². The van der Waals surface area contributed by atoms with Crippen molar-refractivity contribution in [3.05, 3.63) is 30.0 Å². The van der Waals surface area contributed by atoms with Crippen molar-refractivity contribution in [2.45, 2.75) is 26.8 Å². The van der Waals surface area contributed by atoms with Crippen LogP contribution >= 0.6 is 0 Å². The molecule has 0 aliphatic rings. The van der Waals surface area contributed by atoms with Gasteiger partial charge in [0.25, 0.3) is 0 Å². The molecule has 0 aliphatic carbocycles. The van der Waals surface area contributed by atoms with Gasteiger partial charge in [0.2, 0.25) is 0 Å². The lowest BCUT2D eigenvalue weighted by Gasteiger charge is -2.09. The first kappa shape index (κ1) is 10.1. The van der Waals surface area contributed by atoms with Gasteiger partial charge in [0.05, 0.1) is 12.6 Å². The molecular weight excluding hydrogens is 186 g/mol. The fraction of sp³-hybridized carbons (Fsp3) is 0.385. The Morgan fingerprint density at radius 3 is 2.60 bits per heavy atom. The van der Waals surface area contributed by atoms with Gasteiger partial charge in [-0.3, -0.25) is 0 Å². The number of nitrogens with zero attached hydrogens (tertiary/aromatic N) is 1. The molecule has 0 N–H and O–H groups in total. The number of aromatic nitrogens is 1. The van der Waals surface area contributed by atoms with Crippen LogP contribution in [-0.4, -0.2) is 11.7 Å². The minimum atomic E-state index is 0.480. The molecule has 1 heterocycles. The zero-order chi connectivity index (χ0) is 11.0. The van der Waals surface area contributed by atoms with Crippen molar-refractivity contribution in [2.24, 2.45) is 0 Å². The van der Waals surface area contributed by atoms with Gasteiger partial charge in [-0.15, -0.1) is 0 Å². The molecule has 1 aromatic carbocycles. The van der Waals surface area contributed by atoms with Crippen LogP contribution in [0, 0.1) is 6.92 Å². The highest BCUT2D eigenvalue weighted by molar-refractivity contribution is 5.85. The second-order valence-corrected chi connectivity index (χ2v) is 4.20. The largest absolute Gasteiger partial charge is 0.497 e. The molecule has 80 valence electrons. The van der Waals surface area contributed by atoms with E-state index < -0.39 is 0 Å². The van der Waals surface area contributed by atoms with Crippen LogP contribution in [0.4, 0.5) is 0 Å². The summed E-state index contributed by atoms with van der Waals surface area (Å²) in [5.74, 6) is 0.919. The highest BCUT2D eigenvalue weighted by Gasteiger charge is 2.08. The second kappa shape index (κ2) is 3.61. The molecule has 0 aliphatic heterocycles. The number of ether oxygens (including phenoxy) is 1. The first-order chi connectivity index (χ1) is 7.13. The van der Waals surface area contributed by atoms with Crippen LogP contribution in [0.5, 0.6) is 5.75 Å². The molecule has 2 nitrogen and oxygen atoms in total. The first-order valence-electron chi connectivity index (χ1n) is 5.28. The van der Waals surface area contributed by atoms with E-state index in [0.29, 0.717) is 6.04 Å². The minimum Gasteiger partial charge on any atom is -0.497 e. The Morgan fingerprint density at radius 1 is 1.27 bits per heavy atom. The lowest BCUT2D eigenvalue weighted by molar-refractivity contribution is 0.415. The topological polar surface area (TPSA) is 14.2 Å². The zero-order valence-electron chi connectivity index (χ0n) is 9.74. The molecule has 0 spiro atoms. The maximum atomic E-state index is 5.25. The number of benzene rings is 1. The average molecular weight is 203 g/mol. The first-order valence-corrected chi connectivity index (χ1v) is 5.28. The Labute approximate surface area is 90.5 Å². The molecular formula is C13H17NO. The average Bonchev–Trinajstić information content (AvgIpc) is 2.56. The Balaban J connectivity index is 2.71. The number of hydrogen-bond donors (Lipinski definition) is 0. The van der Waals surface area contributed by atoms with Crippen LogP contribution in [-0.2, 0) is 0 Å². The normalized spacial score (nSPS) is 11.3. The van der Waals surface area contributed by atoms with Gasteiger partial charge in [-0.25, -0.2) is 0 Å². The fourth-order valence-electron chi connectivity index (χ4n) is 1.96. The lowest BCUT2D eigenvalue weighted by atomic mass is 10.2. The predicted molar refractivity (Wildman–Crippen MR) is 63.6 cm³/mol. The maximum Gasteiger partial charge on any atom is 0.120 e. The van der Waals surface area contributed by atoms with Crippen molar-refractivity contribution < 1.29 is 4.74 Å². The number of fused-ring (bicyclic) bond motifs is 1. The molecule has 0 unspecified atom stereocenters. The number of rotatable bonds is 2. The Hall–Kier alpha value is -1.44. The standard InChI is InChI=1S/C13H17NO/c1-9(2)14-8-10(3)12-6-5-11(15-4)7-13(12)14/h5-9H,1-4H3. The van der Waals surface area contributed by atoms with Crippen LogP contribution in [0.2, 0.25) is 0 Å². The van der Waals surface area contributed by atoms with Crippen molar-refractivity contribution in [3.8, 4) is 5.75 Å². The molecule has 2 aromatic rings. The summed E-state index contributed by atoms with van der Waals surface area (Å²) in [5.41, 5.74) is 2.57. The highest BCUT2D eigenvalue weighted by Crippen LogP contribution is 2.27. The van der Waals surface area contributed by atoms with Crippen molar-refractivity contribution in [1.82, 2.24) is 4.57 Å². The molecule has 2 rings (SSSR count). The summed E-state index contributed by atoms with van der Waals surface area (Å²) < 4.78 is 7.54. The van der Waals surface area contributed by atoms with Crippen molar-refractivity contribution >= 4 is 10.9 Å². The van der Waals surface area contributed by atoms with E-state index in [-0.39, 0.29) is 0 Å². The minimum absolute atomic E-state index is 0.480. The third-order valence-electron chi connectivity index (χ3n) is 2.80. The Morgan fingerprint density at radius 2 is 2.00 bits per heavy atom. The third kappa shape index (κ3) is 1.60. The maximum absolute atomic E-state index is 5.25. The van der Waals surface area contributed by atoms with E-state index in [1.165, 1.54) is 16.5 Å². The summed E-state index contributed by atoms with van der Waals surface area (Å²) >= 11 is 0. The van der Waals surface area contributed by atoms with E-state index >= 15 is 0 Å². The van der Waals surface area contributed by atoms with E-state index in [0.717, 1.165) is 5.75 Å². The summed E-state index contributed by atoms with van der Waals surface area (Å²) in [6, 6.07) is 6.72. The molecule has 0 saturated carbocycles. The van der Waals surface area contributed by atoms with Gasteiger partial charge in [-0.1, -0.05) is 0 Å². The van der Waals surface area contributed by atoms with Gasteiger partial charge in [-0.2, -0.15) is 0 Å². The van der Waals surface area contributed by atoms with Gasteiger partial charge in [0, 0.05) is 23.7 Å². The molecule has 0 saturated heterocycles. The van der Waals surface area contributed by atoms with E-state index in [4.69, 9.17) is 4.74 Å². The quantitative estimate of drug-likeness (QED) is 0.728. The third-order valence-corrected chi connectivity index (χ3v) is 2.80. The molecule has 0 bridgehead atoms. The lowest BCUT2D eigenvalue weighted by Crippen LogP contribution is -1.98. The fourth-order valence-corrected chi connectivity index (χ4v) is 1.96. The Kier molecular flexibility index (Phi) is 2.43. The monoisotopic (exact) mass is 203 g/mol. The van der Waals surface area contributed by atoms with Crippen LogP contribution in [0.1, 0.15) is 25.5 Å². The van der Waals surface area contributed by atoms with Gasteiger partial charge in [0.1, 0.15) is 5.75 Å². The summed E-state index contributed by atoms with van der Waals surface area (Å²) in [6.45, 7) is 6.53. The number of hydrogen-bond acceptors (Lipinski definition) is 1. The number of methoxy groups -OCH3 is 1. The summed E-state index contributed by atoms with van der Waals surface area (Å²) in [5, 5.41) is 1.31. The molecule has 0 radical (unpaired) electrons. The van der Waals surface area contributed by atoms with Crippen LogP contribution in [0.3, 0.4) is 0 Å². The van der Waals surface area contributed by atoms with Crippen molar-refractivity contribution in [3.63, 3.8) is 0 Å². The van der Waals surface area contributed by atoms with Gasteiger partial charge >= 0.3 is 0 Å². The SMILES string of the molecule is COc1ccc2c(C)cn(C(C)C)c2c1. The molecule has 15 heavy (non-hydrogen) atoms. The van der Waals surface area contributed by atoms with Gasteiger partial charge in [0.15, 0.2) is 0 Å². The summed E-state index contributed by atoms with van der Waals surface area (Å²) in [6.07, 6.45) is 2.20. The van der Waals surface area contributed by atoms with E-state index in [9.17, 15) is 0 Å². The molecule has 2 heteroatoms. The van der Waals surface area contributed by atoms with Crippen LogP contribution in [0.25, 0.3) is 10.9 Å². The molecule has 0 atom stereocenters. The van der Waals surface area contributed by atoms with Crippen molar-refractivity contribution in [2.75, 3.05) is 7.11 Å². The van der Waals surface area contributed by atoms with Crippen LogP contribution in [0.15, 0.2) is 24.4 Å². The van der Waals surface area contributed by atoms with Crippen LogP contribution < -0.4 is 4.74 Å². The molecule has 1 aromatic heterocycles. The molecule has 0 fully saturated rings. The van der Waals surface area contributed by atoms with Gasteiger partial charge < -0.3 is 9.30 Å².